The van der Waals surface area contributed by atoms with Crippen molar-refractivity contribution in [2.75, 3.05) is 0 Å². The molecule has 0 heterocycles. The maximum atomic E-state index is 9.99. The van der Waals surface area contributed by atoms with Crippen LogP contribution in [0, 0.1) is 0 Å². The molecule has 2 rings (SSSR count). The topological polar surface area (TPSA) is 66.5 Å². The quantitative estimate of drug-likeness (QED) is 0.741. The van der Waals surface area contributed by atoms with Gasteiger partial charge >= 0.3 is 0 Å². The molecule has 0 bridgehead atoms. The Morgan fingerprint density at radius 3 is 2.56 bits per heavy atom. The molecule has 0 saturated heterocycles. The van der Waals surface area contributed by atoms with Gasteiger partial charge < -0.3 is 15.9 Å². The van der Waals surface area contributed by atoms with E-state index >= 15 is 0 Å². The number of hydrogen-bond acceptors (Lipinski definition) is 3. The van der Waals surface area contributed by atoms with Crippen molar-refractivity contribution in [2.24, 2.45) is 5.73 Å². The Hall–Kier alpha value is -0.580. The van der Waals surface area contributed by atoms with Gasteiger partial charge in [0.1, 0.15) is 5.75 Å². The van der Waals surface area contributed by atoms with Gasteiger partial charge in [0.25, 0.3) is 0 Å². The van der Waals surface area contributed by atoms with Crippen molar-refractivity contribution in [1.29, 1.82) is 0 Å². The van der Waals surface area contributed by atoms with Crippen LogP contribution >= 0.6 is 15.9 Å². The van der Waals surface area contributed by atoms with Crippen LogP contribution in [0.3, 0.4) is 0 Å². The van der Waals surface area contributed by atoms with Crippen LogP contribution in [0.4, 0.5) is 0 Å². The molecule has 1 saturated carbocycles. The summed E-state index contributed by atoms with van der Waals surface area (Å²) in [5.41, 5.74) is 6.59. The largest absolute Gasteiger partial charge is 0.506 e. The van der Waals surface area contributed by atoms with Crippen LogP contribution in [-0.2, 0) is 5.54 Å². The average Bonchev–Trinajstić information content (AvgIpc) is 2.27. The number of aliphatic hydroxyl groups excluding tert-OH is 1. The normalized spacial score (nSPS) is 30.3. The molecule has 1 aliphatic rings. The molecule has 0 amide bonds. The van der Waals surface area contributed by atoms with E-state index in [9.17, 15) is 10.2 Å². The first-order valence-corrected chi connectivity index (χ1v) is 6.27. The number of benzene rings is 1. The molecule has 0 aliphatic heterocycles. The number of aliphatic hydroxyl groups is 1. The second-order valence-corrected chi connectivity index (χ2v) is 5.38. The second kappa shape index (κ2) is 4.35. The summed E-state index contributed by atoms with van der Waals surface area (Å²) in [5, 5.41) is 19.5. The van der Waals surface area contributed by atoms with Crippen LogP contribution in [0.2, 0.25) is 0 Å². The number of nitrogens with two attached hydrogens (primary N) is 1. The number of phenols is 1. The highest BCUT2D eigenvalue weighted by molar-refractivity contribution is 9.10. The van der Waals surface area contributed by atoms with Gasteiger partial charge in [-0.25, -0.2) is 0 Å². The van der Waals surface area contributed by atoms with E-state index in [-0.39, 0.29) is 11.9 Å². The molecule has 0 unspecified atom stereocenters. The minimum Gasteiger partial charge on any atom is -0.506 e. The predicted octanol–water partition coefficient (Wildman–Crippen LogP) is 2.24. The Bertz CT molecular complexity index is 387. The molecule has 16 heavy (non-hydrogen) atoms. The third-order valence-corrected chi connectivity index (χ3v) is 4.01. The van der Waals surface area contributed by atoms with Gasteiger partial charge in [0.05, 0.1) is 10.6 Å². The lowest BCUT2D eigenvalue weighted by atomic mass is 9.76. The third kappa shape index (κ3) is 2.10. The number of para-hydroxylation sites is 1. The van der Waals surface area contributed by atoms with Crippen LogP contribution in [0.15, 0.2) is 22.7 Å². The fourth-order valence-electron chi connectivity index (χ4n) is 2.30. The zero-order chi connectivity index (χ0) is 11.8. The molecule has 0 atom stereocenters. The van der Waals surface area contributed by atoms with Gasteiger partial charge in [-0.3, -0.25) is 0 Å². The third-order valence-electron chi connectivity index (χ3n) is 3.37. The van der Waals surface area contributed by atoms with Gasteiger partial charge in [-0.05, 0) is 47.7 Å². The van der Waals surface area contributed by atoms with Gasteiger partial charge in [0, 0.05) is 11.1 Å². The van der Waals surface area contributed by atoms with Gasteiger partial charge in [-0.2, -0.15) is 0 Å². The fourth-order valence-corrected chi connectivity index (χ4v) is 2.67. The Kier molecular flexibility index (Phi) is 3.24. The second-order valence-electron chi connectivity index (χ2n) is 4.52. The molecule has 1 fully saturated rings. The summed E-state index contributed by atoms with van der Waals surface area (Å²) >= 11 is 3.29. The van der Waals surface area contributed by atoms with E-state index in [4.69, 9.17) is 5.73 Å². The molecule has 88 valence electrons. The van der Waals surface area contributed by atoms with E-state index in [2.05, 4.69) is 15.9 Å². The van der Waals surface area contributed by atoms with Gasteiger partial charge in [-0.15, -0.1) is 0 Å². The highest BCUT2D eigenvalue weighted by Crippen LogP contribution is 2.41. The molecule has 0 radical (unpaired) electrons. The monoisotopic (exact) mass is 285 g/mol. The SMILES string of the molecule is NC1(c2cccc(Br)c2O)CCC(O)CC1. The number of rotatable bonds is 1. The van der Waals surface area contributed by atoms with Crippen molar-refractivity contribution in [1.82, 2.24) is 0 Å². The number of halogens is 1. The van der Waals surface area contributed by atoms with Crippen molar-refractivity contribution >= 4 is 15.9 Å². The van der Waals surface area contributed by atoms with Crippen LogP contribution in [0.1, 0.15) is 31.2 Å². The summed E-state index contributed by atoms with van der Waals surface area (Å²) in [5.74, 6) is 0.224. The molecular formula is C12H16BrNO2. The number of hydrogen-bond donors (Lipinski definition) is 3. The van der Waals surface area contributed by atoms with Crippen molar-refractivity contribution in [3.63, 3.8) is 0 Å². The smallest absolute Gasteiger partial charge is 0.134 e. The summed E-state index contributed by atoms with van der Waals surface area (Å²) in [7, 11) is 0. The van der Waals surface area contributed by atoms with E-state index in [0.717, 1.165) is 5.56 Å². The standard InChI is InChI=1S/C12H16BrNO2/c13-10-3-1-2-9(11(10)16)12(14)6-4-8(15)5-7-12/h1-3,8,15-16H,4-7,14H2. The Morgan fingerprint density at radius 2 is 1.94 bits per heavy atom. The first-order chi connectivity index (χ1) is 7.53. The maximum Gasteiger partial charge on any atom is 0.134 e. The molecule has 1 aromatic carbocycles. The van der Waals surface area contributed by atoms with E-state index in [0.29, 0.717) is 30.2 Å². The predicted molar refractivity (Wildman–Crippen MR) is 66.1 cm³/mol. The van der Waals surface area contributed by atoms with E-state index < -0.39 is 5.54 Å². The molecule has 1 aromatic rings. The van der Waals surface area contributed by atoms with Crippen LogP contribution in [0.5, 0.6) is 5.75 Å². The minimum absolute atomic E-state index is 0.224. The van der Waals surface area contributed by atoms with Gasteiger partial charge in [-0.1, -0.05) is 12.1 Å². The summed E-state index contributed by atoms with van der Waals surface area (Å²) in [6, 6.07) is 5.52. The van der Waals surface area contributed by atoms with Crippen molar-refractivity contribution in [3.05, 3.63) is 28.2 Å². The lowest BCUT2D eigenvalue weighted by molar-refractivity contribution is 0.0960. The van der Waals surface area contributed by atoms with Crippen LogP contribution < -0.4 is 5.73 Å². The first-order valence-electron chi connectivity index (χ1n) is 5.48. The average molecular weight is 286 g/mol. The van der Waals surface area contributed by atoms with Crippen LogP contribution in [0.25, 0.3) is 0 Å². The van der Waals surface area contributed by atoms with E-state index in [1.807, 2.05) is 12.1 Å². The Morgan fingerprint density at radius 1 is 1.31 bits per heavy atom. The summed E-state index contributed by atoms with van der Waals surface area (Å²) < 4.78 is 0.668. The first kappa shape index (κ1) is 11.9. The zero-order valence-corrected chi connectivity index (χ0v) is 10.6. The molecule has 0 aromatic heterocycles. The lowest BCUT2D eigenvalue weighted by Crippen LogP contribution is -2.41. The van der Waals surface area contributed by atoms with Crippen molar-refractivity contribution in [3.8, 4) is 5.75 Å². The van der Waals surface area contributed by atoms with Crippen molar-refractivity contribution in [2.45, 2.75) is 37.3 Å². The highest BCUT2D eigenvalue weighted by atomic mass is 79.9. The minimum atomic E-state index is -0.507. The maximum absolute atomic E-state index is 9.99. The molecular weight excluding hydrogens is 270 g/mol. The molecule has 4 heteroatoms. The zero-order valence-electron chi connectivity index (χ0n) is 8.99. The Labute approximate surface area is 103 Å². The molecule has 0 spiro atoms. The Balaban J connectivity index is 2.32. The summed E-state index contributed by atoms with van der Waals surface area (Å²) in [4.78, 5) is 0. The summed E-state index contributed by atoms with van der Waals surface area (Å²) in [6.07, 6.45) is 2.56. The van der Waals surface area contributed by atoms with Crippen LogP contribution in [-0.4, -0.2) is 16.3 Å². The summed E-state index contributed by atoms with van der Waals surface area (Å²) in [6.45, 7) is 0. The van der Waals surface area contributed by atoms with Crippen molar-refractivity contribution < 1.29 is 10.2 Å². The fraction of sp³-hybridized carbons (Fsp3) is 0.500. The molecule has 1 aliphatic carbocycles. The van der Waals surface area contributed by atoms with Gasteiger partial charge in [0.15, 0.2) is 0 Å². The van der Waals surface area contributed by atoms with E-state index in [1.54, 1.807) is 6.07 Å². The van der Waals surface area contributed by atoms with Gasteiger partial charge in [0.2, 0.25) is 0 Å². The number of phenolic OH excluding ortho intramolecular Hbond substituents is 1. The highest BCUT2D eigenvalue weighted by Gasteiger charge is 2.34. The number of aromatic hydroxyl groups is 1. The lowest BCUT2D eigenvalue weighted by Gasteiger charge is -2.36. The molecule has 3 nitrogen and oxygen atoms in total. The molecule has 4 N–H and O–H groups in total. The van der Waals surface area contributed by atoms with E-state index in [1.165, 1.54) is 0 Å².